The summed E-state index contributed by atoms with van der Waals surface area (Å²) in [7, 11) is 2.02. The number of aliphatic hydroxyl groups is 1. The number of rotatable bonds is 8. The van der Waals surface area contributed by atoms with E-state index in [1.165, 1.54) is 0 Å². The molecule has 4 atom stereocenters. The number of carbonyl (C=O) groups is 2. The molecular formula is C35H47Cl2N5O6. The van der Waals surface area contributed by atoms with Crippen LogP contribution in [0, 0.1) is 19.8 Å². The number of ether oxygens (including phenoxy) is 2. The third-order valence-corrected chi connectivity index (χ3v) is 9.25. The maximum atomic E-state index is 14.4. The minimum Gasteiger partial charge on any atom is -0.490 e. The quantitative estimate of drug-likeness (QED) is 0.225. The third-order valence-electron chi connectivity index (χ3n) is 8.51. The number of anilines is 2. The fourth-order valence-corrected chi connectivity index (χ4v) is 6.04. The molecule has 0 saturated carbocycles. The maximum absolute atomic E-state index is 14.4. The second-order valence-corrected chi connectivity index (χ2v) is 13.5. The van der Waals surface area contributed by atoms with Crippen molar-refractivity contribution in [3.63, 3.8) is 0 Å². The van der Waals surface area contributed by atoms with E-state index in [1.54, 1.807) is 43.0 Å². The van der Waals surface area contributed by atoms with Gasteiger partial charge in [0.05, 0.1) is 40.5 Å². The van der Waals surface area contributed by atoms with E-state index >= 15 is 0 Å². The van der Waals surface area contributed by atoms with Crippen LogP contribution in [0.15, 0.2) is 40.9 Å². The van der Waals surface area contributed by atoms with Crippen molar-refractivity contribution in [2.24, 2.45) is 5.92 Å². The average molecular weight is 705 g/mol. The van der Waals surface area contributed by atoms with Gasteiger partial charge in [0.2, 0.25) is 0 Å². The number of fused-ring (bicyclic) bond motifs is 1. The van der Waals surface area contributed by atoms with Crippen molar-refractivity contribution >= 4 is 46.5 Å². The summed E-state index contributed by atoms with van der Waals surface area (Å²) in [5, 5.41) is 20.7. The topological polar surface area (TPSA) is 129 Å². The number of amides is 3. The molecule has 0 spiro atoms. The number of aromatic nitrogens is 1. The second-order valence-electron chi connectivity index (χ2n) is 12.7. The highest BCUT2D eigenvalue weighted by atomic mass is 35.5. The SMILES string of the molecule is Cc1noc(C)c1NC(=O)Nc1ccc2c(c1)C(=O)N([C@@H](C)CO)C[C@@H](C)[C@H](CN(C)Cc1ccc(Cl)c(Cl)c1)OCCCC[C@@H](C)O2. The molecule has 0 unspecified atom stereocenters. The molecule has 3 N–H and O–H groups in total. The highest BCUT2D eigenvalue weighted by molar-refractivity contribution is 6.42. The number of aliphatic hydroxyl groups excluding tert-OH is 1. The Morgan fingerprint density at radius 3 is 2.58 bits per heavy atom. The smallest absolute Gasteiger partial charge is 0.323 e. The van der Waals surface area contributed by atoms with Crippen molar-refractivity contribution in [1.82, 2.24) is 15.0 Å². The van der Waals surface area contributed by atoms with Crippen molar-refractivity contribution < 1.29 is 28.7 Å². The number of hydrogen-bond donors (Lipinski definition) is 3. The Bertz CT molecular complexity index is 1530. The number of nitrogens with one attached hydrogen (secondary N) is 2. The van der Waals surface area contributed by atoms with E-state index in [9.17, 15) is 14.7 Å². The Kier molecular flexibility index (Phi) is 13.5. The molecule has 48 heavy (non-hydrogen) atoms. The van der Waals surface area contributed by atoms with Gasteiger partial charge in [-0.1, -0.05) is 41.3 Å². The van der Waals surface area contributed by atoms with Crippen molar-refractivity contribution in [3.05, 3.63) is 69.0 Å². The molecule has 3 aromatic rings. The van der Waals surface area contributed by atoms with Gasteiger partial charge < -0.3 is 34.6 Å². The van der Waals surface area contributed by atoms with Crippen molar-refractivity contribution in [1.29, 1.82) is 0 Å². The van der Waals surface area contributed by atoms with Crippen molar-refractivity contribution in [2.45, 2.75) is 78.7 Å². The Morgan fingerprint density at radius 2 is 1.90 bits per heavy atom. The zero-order valence-corrected chi connectivity index (χ0v) is 30.0. The lowest BCUT2D eigenvalue weighted by Gasteiger charge is -2.36. The van der Waals surface area contributed by atoms with Gasteiger partial charge in [0.1, 0.15) is 17.1 Å². The fraction of sp³-hybridized carbons (Fsp3) is 0.514. The number of hydrogen-bond acceptors (Lipinski definition) is 8. The summed E-state index contributed by atoms with van der Waals surface area (Å²) in [6.07, 6.45) is 2.15. The van der Waals surface area contributed by atoms with Crippen LogP contribution < -0.4 is 15.4 Å². The van der Waals surface area contributed by atoms with Crippen LogP contribution in [0.2, 0.25) is 10.0 Å². The zero-order valence-electron chi connectivity index (χ0n) is 28.5. The van der Waals surface area contributed by atoms with Crippen LogP contribution in [-0.4, -0.2) is 83.6 Å². The number of aryl methyl sites for hydroxylation is 2. The predicted octanol–water partition coefficient (Wildman–Crippen LogP) is 7.17. The van der Waals surface area contributed by atoms with Crippen LogP contribution in [0.3, 0.4) is 0 Å². The highest BCUT2D eigenvalue weighted by Crippen LogP contribution is 2.29. The maximum Gasteiger partial charge on any atom is 0.323 e. The molecule has 3 amide bonds. The molecule has 11 nitrogen and oxygen atoms in total. The summed E-state index contributed by atoms with van der Waals surface area (Å²) in [6, 6.07) is 9.63. The van der Waals surface area contributed by atoms with Gasteiger partial charge >= 0.3 is 6.03 Å². The van der Waals surface area contributed by atoms with E-state index in [0.717, 1.165) is 24.8 Å². The standard InChI is InChI=1S/C35H47Cl2N5O6/c1-21-17-42(22(2)20-43)34(44)28-16-27(38-35(45)39-33-24(4)40-48-25(33)5)11-13-31(28)47-23(3)9-7-8-14-46-32(21)19-41(6)18-26-10-12-29(36)30(37)15-26/h10-13,15-16,21-23,32,43H,7-9,14,17-20H2,1-6H3,(H2,38,39,45)/t21-,22+,23-,32+/m1/s1. The molecule has 0 radical (unpaired) electrons. The Labute approximate surface area is 292 Å². The van der Waals surface area contributed by atoms with Crippen molar-refractivity contribution in [3.8, 4) is 5.75 Å². The lowest BCUT2D eigenvalue weighted by Crippen LogP contribution is -2.47. The molecule has 0 bridgehead atoms. The van der Waals surface area contributed by atoms with E-state index < -0.39 is 12.1 Å². The van der Waals surface area contributed by atoms with Gasteiger partial charge in [-0.15, -0.1) is 0 Å². The lowest BCUT2D eigenvalue weighted by atomic mass is 10.0. The first kappa shape index (κ1) is 37.5. The lowest BCUT2D eigenvalue weighted by molar-refractivity contribution is -0.0177. The highest BCUT2D eigenvalue weighted by Gasteiger charge is 2.30. The molecule has 0 saturated heterocycles. The van der Waals surface area contributed by atoms with Crippen LogP contribution >= 0.6 is 23.2 Å². The van der Waals surface area contributed by atoms with E-state index in [2.05, 4.69) is 27.6 Å². The van der Waals surface area contributed by atoms with Crippen LogP contribution in [-0.2, 0) is 11.3 Å². The summed E-state index contributed by atoms with van der Waals surface area (Å²) in [6.45, 7) is 11.2. The monoisotopic (exact) mass is 703 g/mol. The Hall–Kier alpha value is -3.35. The minimum atomic E-state index is -0.508. The van der Waals surface area contributed by atoms with Crippen LogP contribution in [0.4, 0.5) is 16.2 Å². The third kappa shape index (κ3) is 10.1. The fourth-order valence-electron chi connectivity index (χ4n) is 5.72. The van der Waals surface area contributed by atoms with Crippen LogP contribution in [0.25, 0.3) is 0 Å². The molecular weight excluding hydrogens is 657 g/mol. The number of likely N-dealkylation sites (N-methyl/N-ethyl adjacent to an activating group) is 1. The van der Waals surface area contributed by atoms with Gasteiger partial charge in [-0.05, 0) is 89.9 Å². The van der Waals surface area contributed by atoms with Crippen LogP contribution in [0.5, 0.6) is 5.75 Å². The van der Waals surface area contributed by atoms with Gasteiger partial charge in [0, 0.05) is 37.8 Å². The summed E-state index contributed by atoms with van der Waals surface area (Å²) in [4.78, 5) is 31.1. The molecule has 2 aromatic carbocycles. The molecule has 1 aliphatic heterocycles. The van der Waals surface area contributed by atoms with Gasteiger partial charge in [-0.25, -0.2) is 4.79 Å². The first-order chi connectivity index (χ1) is 22.9. The Morgan fingerprint density at radius 1 is 1.12 bits per heavy atom. The average Bonchev–Trinajstić information content (AvgIpc) is 3.36. The van der Waals surface area contributed by atoms with Gasteiger partial charge in [-0.2, -0.15) is 0 Å². The number of halogens is 2. The molecule has 0 fully saturated rings. The van der Waals surface area contributed by atoms with Crippen molar-refractivity contribution in [2.75, 3.05) is 44.0 Å². The van der Waals surface area contributed by atoms with Gasteiger partial charge in [-0.3, -0.25) is 9.69 Å². The summed E-state index contributed by atoms with van der Waals surface area (Å²) < 4.78 is 17.9. The molecule has 2 heterocycles. The summed E-state index contributed by atoms with van der Waals surface area (Å²) in [5.41, 5.74) is 2.75. The predicted molar refractivity (Wildman–Crippen MR) is 188 cm³/mol. The number of benzene rings is 2. The first-order valence-corrected chi connectivity index (χ1v) is 17.1. The number of carbonyl (C=O) groups excluding carboxylic acids is 2. The minimum absolute atomic E-state index is 0.0902. The second kappa shape index (κ2) is 17.3. The van der Waals surface area contributed by atoms with E-state index in [-0.39, 0.29) is 36.2 Å². The van der Waals surface area contributed by atoms with E-state index in [4.69, 9.17) is 37.2 Å². The van der Waals surface area contributed by atoms with E-state index in [1.807, 2.05) is 33.0 Å². The molecule has 4 rings (SSSR count). The molecule has 1 aromatic heterocycles. The zero-order chi connectivity index (χ0) is 35.0. The van der Waals surface area contributed by atoms with E-state index in [0.29, 0.717) is 64.9 Å². The van der Waals surface area contributed by atoms with Gasteiger partial charge in [0.25, 0.3) is 5.91 Å². The van der Waals surface area contributed by atoms with Crippen LogP contribution in [0.1, 0.15) is 67.4 Å². The summed E-state index contributed by atoms with van der Waals surface area (Å²) >= 11 is 12.4. The van der Waals surface area contributed by atoms with Gasteiger partial charge in [0.15, 0.2) is 5.76 Å². The number of nitrogens with zero attached hydrogens (tertiary/aromatic N) is 3. The number of urea groups is 1. The Balaban J connectivity index is 1.59. The first-order valence-electron chi connectivity index (χ1n) is 16.3. The normalized spacial score (nSPS) is 20.1. The molecule has 0 aliphatic carbocycles. The summed E-state index contributed by atoms with van der Waals surface area (Å²) in [5.74, 6) is 0.487. The molecule has 13 heteroatoms. The molecule has 1 aliphatic rings. The molecule has 262 valence electrons. The largest absolute Gasteiger partial charge is 0.490 e.